The minimum atomic E-state index is -0.513. The molecule has 1 aliphatic heterocycles. The molecule has 0 aliphatic carbocycles. The van der Waals surface area contributed by atoms with Crippen molar-refractivity contribution in [3.8, 4) is 0 Å². The Morgan fingerprint density at radius 1 is 1.18 bits per heavy atom. The predicted octanol–water partition coefficient (Wildman–Crippen LogP) is 2.28. The van der Waals surface area contributed by atoms with Gasteiger partial charge in [-0.2, -0.15) is 0 Å². The number of benzene rings is 1. The van der Waals surface area contributed by atoms with Crippen LogP contribution in [0.15, 0.2) is 18.2 Å². The summed E-state index contributed by atoms with van der Waals surface area (Å²) in [6.07, 6.45) is 3.40. The van der Waals surface area contributed by atoms with Gasteiger partial charge in [-0.15, -0.1) is 0 Å². The van der Waals surface area contributed by atoms with Crippen LogP contribution in [0.1, 0.15) is 24.8 Å². The molecule has 1 aromatic carbocycles. The summed E-state index contributed by atoms with van der Waals surface area (Å²) >= 11 is 0. The van der Waals surface area contributed by atoms with Crippen LogP contribution in [-0.4, -0.2) is 24.0 Å². The van der Waals surface area contributed by atoms with E-state index in [0.29, 0.717) is 24.7 Å². The largest absolute Gasteiger partial charge is 0.329 e. The highest BCUT2D eigenvalue weighted by molar-refractivity contribution is 5.18. The monoisotopic (exact) mass is 240 g/mol. The van der Waals surface area contributed by atoms with Crippen molar-refractivity contribution in [2.75, 3.05) is 13.1 Å². The van der Waals surface area contributed by atoms with E-state index in [-0.39, 0.29) is 0 Å². The molecule has 1 fully saturated rings. The second-order valence-corrected chi connectivity index (χ2v) is 4.63. The van der Waals surface area contributed by atoms with Crippen molar-refractivity contribution in [3.63, 3.8) is 0 Å². The average Bonchev–Trinajstić information content (AvgIpc) is 2.28. The van der Waals surface area contributed by atoms with E-state index in [4.69, 9.17) is 5.73 Å². The molecule has 94 valence electrons. The fraction of sp³-hybridized carbons (Fsp3) is 0.538. The van der Waals surface area contributed by atoms with Crippen LogP contribution in [0.5, 0.6) is 0 Å². The van der Waals surface area contributed by atoms with Crippen molar-refractivity contribution in [2.45, 2.75) is 31.8 Å². The van der Waals surface area contributed by atoms with Gasteiger partial charge in [0, 0.05) is 25.2 Å². The number of nitrogens with two attached hydrogens (primary N) is 1. The summed E-state index contributed by atoms with van der Waals surface area (Å²) in [6, 6.07) is 4.03. The fourth-order valence-corrected chi connectivity index (χ4v) is 2.47. The lowest BCUT2D eigenvalue weighted by atomic mass is 10.0. The van der Waals surface area contributed by atoms with Crippen LogP contribution in [0.4, 0.5) is 8.78 Å². The molecular formula is C13H18F2N2. The summed E-state index contributed by atoms with van der Waals surface area (Å²) in [6.45, 7) is 2.15. The summed E-state index contributed by atoms with van der Waals surface area (Å²) < 4.78 is 26.2. The Labute approximate surface area is 100 Å². The Morgan fingerprint density at radius 2 is 1.88 bits per heavy atom. The number of piperidine rings is 1. The van der Waals surface area contributed by atoms with E-state index < -0.39 is 11.6 Å². The number of rotatable bonds is 3. The van der Waals surface area contributed by atoms with E-state index in [2.05, 4.69) is 4.90 Å². The molecule has 0 bridgehead atoms. The first-order valence-corrected chi connectivity index (χ1v) is 6.08. The van der Waals surface area contributed by atoms with Gasteiger partial charge in [-0.25, -0.2) is 8.78 Å². The first kappa shape index (κ1) is 12.5. The molecule has 1 aliphatic rings. The molecule has 1 heterocycles. The minimum absolute atomic E-state index is 0.343. The minimum Gasteiger partial charge on any atom is -0.329 e. The number of nitrogens with zero attached hydrogens (tertiary/aromatic N) is 1. The highest BCUT2D eigenvalue weighted by Gasteiger charge is 2.21. The number of halogens is 2. The quantitative estimate of drug-likeness (QED) is 0.878. The van der Waals surface area contributed by atoms with Crippen LogP contribution in [0, 0.1) is 11.6 Å². The fourth-order valence-electron chi connectivity index (χ4n) is 2.47. The van der Waals surface area contributed by atoms with Gasteiger partial charge in [-0.3, -0.25) is 4.90 Å². The van der Waals surface area contributed by atoms with E-state index in [9.17, 15) is 8.78 Å². The van der Waals surface area contributed by atoms with E-state index in [1.807, 2.05) is 0 Å². The van der Waals surface area contributed by atoms with Crippen LogP contribution in [-0.2, 0) is 6.54 Å². The third kappa shape index (κ3) is 3.23. The van der Waals surface area contributed by atoms with Gasteiger partial charge >= 0.3 is 0 Å². The van der Waals surface area contributed by atoms with Crippen LogP contribution >= 0.6 is 0 Å². The third-order valence-electron chi connectivity index (χ3n) is 3.33. The number of hydrogen-bond donors (Lipinski definition) is 1. The first-order chi connectivity index (χ1) is 8.19. The molecule has 1 aromatic rings. The first-order valence-electron chi connectivity index (χ1n) is 6.08. The topological polar surface area (TPSA) is 29.3 Å². The SMILES string of the molecule is NC[C@@H]1CCCCN1Cc1cc(F)cc(F)c1. The molecule has 0 spiro atoms. The molecular weight excluding hydrogens is 222 g/mol. The van der Waals surface area contributed by atoms with Crippen molar-refractivity contribution in [1.29, 1.82) is 0 Å². The zero-order valence-corrected chi connectivity index (χ0v) is 9.83. The molecule has 2 nitrogen and oxygen atoms in total. The number of likely N-dealkylation sites (tertiary alicyclic amines) is 1. The zero-order chi connectivity index (χ0) is 12.3. The van der Waals surface area contributed by atoms with Gasteiger partial charge in [0.05, 0.1) is 0 Å². The standard InChI is InChI=1S/C13H18F2N2/c14-11-5-10(6-12(15)7-11)9-17-4-2-1-3-13(17)8-16/h5-7,13H,1-4,8-9,16H2/t13-/m0/s1. The number of hydrogen-bond acceptors (Lipinski definition) is 2. The Bertz CT molecular complexity index is 361. The summed E-state index contributed by atoms with van der Waals surface area (Å²) in [5, 5.41) is 0. The van der Waals surface area contributed by atoms with E-state index in [0.717, 1.165) is 25.5 Å². The van der Waals surface area contributed by atoms with Crippen molar-refractivity contribution >= 4 is 0 Å². The second-order valence-electron chi connectivity index (χ2n) is 4.63. The summed E-state index contributed by atoms with van der Waals surface area (Å²) in [4.78, 5) is 2.22. The molecule has 1 atom stereocenters. The highest BCUT2D eigenvalue weighted by atomic mass is 19.1. The lowest BCUT2D eigenvalue weighted by molar-refractivity contribution is 0.144. The molecule has 2 N–H and O–H groups in total. The lowest BCUT2D eigenvalue weighted by Gasteiger charge is -2.35. The molecule has 0 amide bonds. The Hall–Kier alpha value is -1.00. The molecule has 1 saturated heterocycles. The molecule has 4 heteroatoms. The lowest BCUT2D eigenvalue weighted by Crippen LogP contribution is -2.43. The van der Waals surface area contributed by atoms with Crippen molar-refractivity contribution in [2.24, 2.45) is 5.73 Å². The van der Waals surface area contributed by atoms with Crippen LogP contribution < -0.4 is 5.73 Å². The smallest absolute Gasteiger partial charge is 0.126 e. The van der Waals surface area contributed by atoms with Crippen molar-refractivity contribution < 1.29 is 8.78 Å². The van der Waals surface area contributed by atoms with Gasteiger partial charge < -0.3 is 5.73 Å². The van der Waals surface area contributed by atoms with E-state index in [1.54, 1.807) is 0 Å². The summed E-state index contributed by atoms with van der Waals surface area (Å²) in [5.74, 6) is -1.03. The predicted molar refractivity (Wildman–Crippen MR) is 63.5 cm³/mol. The van der Waals surface area contributed by atoms with Crippen molar-refractivity contribution in [3.05, 3.63) is 35.4 Å². The maximum atomic E-state index is 13.1. The van der Waals surface area contributed by atoms with Gasteiger partial charge in [0.1, 0.15) is 11.6 Å². The molecule has 2 rings (SSSR count). The summed E-state index contributed by atoms with van der Waals surface area (Å²) in [5.41, 5.74) is 6.40. The van der Waals surface area contributed by atoms with Gasteiger partial charge in [0.2, 0.25) is 0 Å². The highest BCUT2D eigenvalue weighted by Crippen LogP contribution is 2.19. The maximum Gasteiger partial charge on any atom is 0.126 e. The van der Waals surface area contributed by atoms with Crippen LogP contribution in [0.3, 0.4) is 0 Å². The molecule has 0 radical (unpaired) electrons. The van der Waals surface area contributed by atoms with E-state index in [1.165, 1.54) is 18.6 Å². The second kappa shape index (κ2) is 5.56. The molecule has 0 saturated carbocycles. The zero-order valence-electron chi connectivity index (χ0n) is 9.83. The van der Waals surface area contributed by atoms with Gasteiger partial charge in [-0.05, 0) is 37.1 Å². The van der Waals surface area contributed by atoms with Gasteiger partial charge in [0.15, 0.2) is 0 Å². The Balaban J connectivity index is 2.08. The van der Waals surface area contributed by atoms with Gasteiger partial charge in [-0.1, -0.05) is 6.42 Å². The van der Waals surface area contributed by atoms with Crippen LogP contribution in [0.25, 0.3) is 0 Å². The maximum absolute atomic E-state index is 13.1. The van der Waals surface area contributed by atoms with Crippen molar-refractivity contribution in [1.82, 2.24) is 4.90 Å². The molecule has 0 aromatic heterocycles. The molecule has 17 heavy (non-hydrogen) atoms. The normalized spacial score (nSPS) is 21.7. The molecule has 0 unspecified atom stereocenters. The summed E-state index contributed by atoms with van der Waals surface area (Å²) in [7, 11) is 0. The average molecular weight is 240 g/mol. The third-order valence-corrected chi connectivity index (χ3v) is 3.33. The Kier molecular flexibility index (Phi) is 4.07. The van der Waals surface area contributed by atoms with E-state index >= 15 is 0 Å². The van der Waals surface area contributed by atoms with Gasteiger partial charge in [0.25, 0.3) is 0 Å². The Morgan fingerprint density at radius 3 is 2.53 bits per heavy atom. The van der Waals surface area contributed by atoms with Crippen LogP contribution in [0.2, 0.25) is 0 Å².